The average molecular weight is 306 g/mol. The van der Waals surface area contributed by atoms with Gasteiger partial charge in [0.1, 0.15) is 0 Å². The average Bonchev–Trinajstić information content (AvgIpc) is 2.80. The summed E-state index contributed by atoms with van der Waals surface area (Å²) in [7, 11) is 0. The maximum Gasteiger partial charge on any atom is 0.274 e. The van der Waals surface area contributed by atoms with Gasteiger partial charge in [0.05, 0.1) is 11.5 Å². The van der Waals surface area contributed by atoms with Gasteiger partial charge in [0, 0.05) is 18.3 Å². The summed E-state index contributed by atoms with van der Waals surface area (Å²) in [5.41, 5.74) is 6.61. The lowest BCUT2D eigenvalue weighted by Crippen LogP contribution is -2.48. The van der Waals surface area contributed by atoms with Crippen molar-refractivity contribution in [2.75, 3.05) is 6.54 Å². The summed E-state index contributed by atoms with van der Waals surface area (Å²) in [6, 6.07) is 1.91. The van der Waals surface area contributed by atoms with Gasteiger partial charge in [0.15, 0.2) is 5.69 Å². The lowest BCUT2D eigenvalue weighted by molar-refractivity contribution is -0.123. The molecule has 0 aromatic carbocycles. The minimum absolute atomic E-state index is 0.100. The van der Waals surface area contributed by atoms with Gasteiger partial charge in [-0.1, -0.05) is 0 Å². The number of aromatic nitrogens is 2. The number of rotatable bonds is 2. The van der Waals surface area contributed by atoms with Crippen molar-refractivity contribution in [3.05, 3.63) is 17.5 Å². The van der Waals surface area contributed by atoms with E-state index in [1.165, 1.54) is 0 Å². The van der Waals surface area contributed by atoms with Crippen LogP contribution in [0.15, 0.2) is 6.07 Å². The minimum Gasteiger partial charge on any atom is -0.369 e. The van der Waals surface area contributed by atoms with Crippen LogP contribution < -0.4 is 5.73 Å². The van der Waals surface area contributed by atoms with Gasteiger partial charge < -0.3 is 10.6 Å². The third-order valence-electron chi connectivity index (χ3n) is 4.29. The molecule has 0 saturated carbocycles. The second-order valence-corrected chi connectivity index (χ2v) is 7.24. The molecule has 1 aliphatic rings. The van der Waals surface area contributed by atoms with Gasteiger partial charge in [0.25, 0.3) is 5.91 Å². The first-order valence-corrected chi connectivity index (χ1v) is 7.78. The SMILES string of the molecule is Cc1cc(C(=O)N2C[C@H](C(N)=O)CC[C@H]2C)nn1C(C)(C)C. The molecule has 1 saturated heterocycles. The van der Waals surface area contributed by atoms with Crippen LogP contribution >= 0.6 is 0 Å². The lowest BCUT2D eigenvalue weighted by atomic mass is 9.92. The quantitative estimate of drug-likeness (QED) is 0.902. The van der Waals surface area contributed by atoms with Crippen molar-refractivity contribution >= 4 is 11.8 Å². The number of likely N-dealkylation sites (tertiary alicyclic amines) is 1. The Kier molecular flexibility index (Phi) is 4.31. The second kappa shape index (κ2) is 5.74. The molecule has 0 aliphatic carbocycles. The van der Waals surface area contributed by atoms with E-state index in [0.717, 1.165) is 18.5 Å². The predicted octanol–water partition coefficient (Wildman–Crippen LogP) is 1.67. The summed E-state index contributed by atoms with van der Waals surface area (Å²) < 4.78 is 1.86. The van der Waals surface area contributed by atoms with Crippen molar-refractivity contribution in [3.63, 3.8) is 0 Å². The summed E-state index contributed by atoms with van der Waals surface area (Å²) >= 11 is 0. The fourth-order valence-electron chi connectivity index (χ4n) is 3.03. The second-order valence-electron chi connectivity index (χ2n) is 7.24. The third kappa shape index (κ3) is 3.15. The molecular formula is C16H26N4O2. The van der Waals surface area contributed by atoms with Gasteiger partial charge in [-0.15, -0.1) is 0 Å². The smallest absolute Gasteiger partial charge is 0.274 e. The number of nitrogens with zero attached hydrogens (tertiary/aromatic N) is 3. The summed E-state index contributed by atoms with van der Waals surface area (Å²) in [6.45, 7) is 10.5. The molecule has 22 heavy (non-hydrogen) atoms. The summed E-state index contributed by atoms with van der Waals surface area (Å²) in [4.78, 5) is 25.9. The molecular weight excluding hydrogens is 280 g/mol. The molecule has 1 aromatic rings. The summed E-state index contributed by atoms with van der Waals surface area (Å²) in [6.07, 6.45) is 1.54. The van der Waals surface area contributed by atoms with E-state index in [1.807, 2.05) is 45.4 Å². The lowest BCUT2D eigenvalue weighted by Gasteiger charge is -2.36. The fourth-order valence-corrected chi connectivity index (χ4v) is 3.03. The number of primary amides is 1. The van der Waals surface area contributed by atoms with E-state index >= 15 is 0 Å². The predicted molar refractivity (Wildman–Crippen MR) is 84.4 cm³/mol. The molecule has 2 atom stereocenters. The molecule has 1 fully saturated rings. The zero-order chi connectivity index (χ0) is 16.7. The first-order valence-electron chi connectivity index (χ1n) is 7.78. The van der Waals surface area contributed by atoms with Crippen molar-refractivity contribution in [3.8, 4) is 0 Å². The van der Waals surface area contributed by atoms with E-state index in [1.54, 1.807) is 4.90 Å². The van der Waals surface area contributed by atoms with Gasteiger partial charge in [-0.25, -0.2) is 0 Å². The van der Waals surface area contributed by atoms with Crippen LogP contribution in [-0.2, 0) is 10.3 Å². The van der Waals surface area contributed by atoms with E-state index in [9.17, 15) is 9.59 Å². The molecule has 122 valence electrons. The van der Waals surface area contributed by atoms with Gasteiger partial charge in [-0.2, -0.15) is 5.10 Å². The molecule has 2 rings (SSSR count). The molecule has 0 bridgehead atoms. The number of hydrogen-bond acceptors (Lipinski definition) is 3. The number of nitrogens with two attached hydrogens (primary N) is 1. The van der Waals surface area contributed by atoms with Crippen molar-refractivity contribution in [2.45, 2.75) is 59.0 Å². The Morgan fingerprint density at radius 3 is 2.45 bits per heavy atom. The standard InChI is InChI=1S/C16H26N4O2/c1-10-6-7-12(14(17)21)9-19(10)15(22)13-8-11(2)20(18-13)16(3,4)5/h8,10,12H,6-7,9H2,1-5H3,(H2,17,21)/t10-,12-/m1/s1. The van der Waals surface area contributed by atoms with Crippen LogP contribution in [0.5, 0.6) is 0 Å². The zero-order valence-electron chi connectivity index (χ0n) is 14.1. The molecule has 2 N–H and O–H groups in total. The zero-order valence-corrected chi connectivity index (χ0v) is 14.1. The third-order valence-corrected chi connectivity index (χ3v) is 4.29. The van der Waals surface area contributed by atoms with Crippen LogP contribution in [-0.4, -0.2) is 39.1 Å². The topological polar surface area (TPSA) is 81.2 Å². The maximum absolute atomic E-state index is 12.8. The first-order chi connectivity index (χ1) is 10.1. The Labute approximate surface area is 131 Å². The molecule has 0 spiro atoms. The van der Waals surface area contributed by atoms with Gasteiger partial charge in [0.2, 0.25) is 5.91 Å². The number of piperidine rings is 1. The Bertz CT molecular complexity index is 585. The van der Waals surface area contributed by atoms with E-state index in [2.05, 4.69) is 5.10 Å². The summed E-state index contributed by atoms with van der Waals surface area (Å²) in [5.74, 6) is -0.711. The van der Waals surface area contributed by atoms with E-state index < -0.39 is 0 Å². The Hall–Kier alpha value is -1.85. The molecule has 2 heterocycles. The van der Waals surface area contributed by atoms with Gasteiger partial charge in [-0.3, -0.25) is 14.3 Å². The highest BCUT2D eigenvalue weighted by molar-refractivity contribution is 5.93. The molecule has 0 radical (unpaired) electrons. The monoisotopic (exact) mass is 306 g/mol. The number of carbonyl (C=O) groups excluding carboxylic acids is 2. The number of carbonyl (C=O) groups is 2. The number of aryl methyl sites for hydroxylation is 1. The van der Waals surface area contributed by atoms with Crippen LogP contribution in [0.25, 0.3) is 0 Å². The number of hydrogen-bond donors (Lipinski definition) is 1. The van der Waals surface area contributed by atoms with Crippen molar-refractivity contribution < 1.29 is 9.59 Å². The summed E-state index contributed by atoms with van der Waals surface area (Å²) in [5, 5.41) is 4.47. The molecule has 6 nitrogen and oxygen atoms in total. The molecule has 0 unspecified atom stereocenters. The minimum atomic E-state index is -0.332. The van der Waals surface area contributed by atoms with Crippen molar-refractivity contribution in [1.82, 2.24) is 14.7 Å². The van der Waals surface area contributed by atoms with E-state index in [0.29, 0.717) is 12.2 Å². The highest BCUT2D eigenvalue weighted by Crippen LogP contribution is 2.24. The normalized spacial score (nSPS) is 22.7. The molecule has 6 heteroatoms. The van der Waals surface area contributed by atoms with E-state index in [4.69, 9.17) is 5.73 Å². The highest BCUT2D eigenvalue weighted by atomic mass is 16.2. The van der Waals surface area contributed by atoms with Gasteiger partial charge in [-0.05, 0) is 53.5 Å². The van der Waals surface area contributed by atoms with Crippen LogP contribution in [0, 0.1) is 12.8 Å². The molecule has 1 aromatic heterocycles. The molecule has 2 amide bonds. The van der Waals surface area contributed by atoms with Crippen molar-refractivity contribution in [1.29, 1.82) is 0 Å². The highest BCUT2D eigenvalue weighted by Gasteiger charge is 2.33. The fraction of sp³-hybridized carbons (Fsp3) is 0.688. The van der Waals surface area contributed by atoms with Crippen LogP contribution in [0.1, 0.15) is 56.7 Å². The first kappa shape index (κ1) is 16.5. The Balaban J connectivity index is 2.25. The van der Waals surface area contributed by atoms with Crippen LogP contribution in [0.4, 0.5) is 0 Å². The maximum atomic E-state index is 12.8. The van der Waals surface area contributed by atoms with Crippen LogP contribution in [0.3, 0.4) is 0 Å². The number of amides is 2. The van der Waals surface area contributed by atoms with Crippen molar-refractivity contribution in [2.24, 2.45) is 11.7 Å². The van der Waals surface area contributed by atoms with E-state index in [-0.39, 0.29) is 29.3 Å². The Morgan fingerprint density at radius 2 is 1.95 bits per heavy atom. The largest absolute Gasteiger partial charge is 0.369 e. The van der Waals surface area contributed by atoms with Gasteiger partial charge >= 0.3 is 0 Å². The van der Waals surface area contributed by atoms with Crippen LogP contribution in [0.2, 0.25) is 0 Å². The molecule has 1 aliphatic heterocycles. The Morgan fingerprint density at radius 1 is 1.32 bits per heavy atom.